The third-order valence-corrected chi connectivity index (χ3v) is 4.99. The fraction of sp³-hybridized carbons (Fsp3) is 0.176. The number of anilines is 1. The number of amides is 1. The number of benzene rings is 1. The average molecular weight is 390 g/mol. The van der Waals surface area contributed by atoms with Crippen molar-refractivity contribution in [2.24, 2.45) is 0 Å². The summed E-state index contributed by atoms with van der Waals surface area (Å²) in [6, 6.07) is 11.9. The first-order chi connectivity index (χ1) is 11.2. The zero-order valence-corrected chi connectivity index (χ0v) is 14.8. The summed E-state index contributed by atoms with van der Waals surface area (Å²) in [4.78, 5) is 12.1. The Bertz CT molecular complexity index is 783. The van der Waals surface area contributed by atoms with Crippen molar-refractivity contribution in [2.75, 3.05) is 5.32 Å². The molecule has 0 aliphatic heterocycles. The number of carbonyl (C=O) groups is 1. The van der Waals surface area contributed by atoms with E-state index in [9.17, 15) is 4.79 Å². The van der Waals surface area contributed by atoms with Crippen molar-refractivity contribution in [2.45, 2.75) is 19.4 Å². The highest BCUT2D eigenvalue weighted by Crippen LogP contribution is 2.19. The number of halogens is 1. The highest BCUT2D eigenvalue weighted by Gasteiger charge is 2.09. The molecule has 0 aliphatic rings. The summed E-state index contributed by atoms with van der Waals surface area (Å²) in [5.74, 6) is 0.723. The second kappa shape index (κ2) is 7.57. The molecule has 4 nitrogen and oxygen atoms in total. The average Bonchev–Trinajstić information content (AvgIpc) is 3.20. The fourth-order valence-corrected chi connectivity index (χ4v) is 3.36. The Morgan fingerprint density at radius 2 is 2.13 bits per heavy atom. The lowest BCUT2D eigenvalue weighted by Crippen LogP contribution is -2.16. The van der Waals surface area contributed by atoms with Crippen molar-refractivity contribution in [3.05, 3.63) is 69.0 Å². The van der Waals surface area contributed by atoms with Crippen LogP contribution in [0.1, 0.15) is 17.5 Å². The molecule has 0 saturated heterocycles. The van der Waals surface area contributed by atoms with Crippen LogP contribution >= 0.6 is 27.3 Å². The first-order valence-electron chi connectivity index (χ1n) is 7.28. The number of thiophene rings is 1. The highest BCUT2D eigenvalue weighted by molar-refractivity contribution is 9.10. The zero-order chi connectivity index (χ0) is 16.1. The molecular formula is C17H16BrN3OS. The van der Waals surface area contributed by atoms with Gasteiger partial charge in [0.1, 0.15) is 5.82 Å². The van der Waals surface area contributed by atoms with Crippen LogP contribution in [0.4, 0.5) is 5.82 Å². The molecule has 0 saturated carbocycles. The van der Waals surface area contributed by atoms with Crippen LogP contribution < -0.4 is 5.32 Å². The standard InChI is InChI=1S/C17H16BrN3OS/c18-15-4-2-1-3-14(15)11-21-16(7-9-19-21)20-17(22)6-5-13-8-10-23-12-13/h1-4,7-10,12H,5-6,11H2,(H,20,22). The van der Waals surface area contributed by atoms with Crippen molar-refractivity contribution in [1.82, 2.24) is 9.78 Å². The monoisotopic (exact) mass is 389 g/mol. The van der Waals surface area contributed by atoms with E-state index >= 15 is 0 Å². The van der Waals surface area contributed by atoms with E-state index in [2.05, 4.69) is 37.8 Å². The molecule has 1 amide bonds. The quantitative estimate of drug-likeness (QED) is 0.681. The molecule has 3 rings (SSSR count). The van der Waals surface area contributed by atoms with Crippen LogP contribution in [0.5, 0.6) is 0 Å². The van der Waals surface area contributed by atoms with Gasteiger partial charge in [-0.05, 0) is 40.4 Å². The topological polar surface area (TPSA) is 46.9 Å². The van der Waals surface area contributed by atoms with Gasteiger partial charge in [-0.25, -0.2) is 4.68 Å². The van der Waals surface area contributed by atoms with Gasteiger partial charge in [0.2, 0.25) is 5.91 Å². The molecule has 2 heterocycles. The smallest absolute Gasteiger partial charge is 0.225 e. The highest BCUT2D eigenvalue weighted by atomic mass is 79.9. The number of nitrogens with one attached hydrogen (secondary N) is 1. The minimum atomic E-state index is 0.00470. The van der Waals surface area contributed by atoms with Gasteiger partial charge in [-0.1, -0.05) is 34.1 Å². The van der Waals surface area contributed by atoms with Crippen molar-refractivity contribution in [1.29, 1.82) is 0 Å². The first kappa shape index (κ1) is 16.0. The largest absolute Gasteiger partial charge is 0.311 e. The van der Waals surface area contributed by atoms with Gasteiger partial charge in [-0.2, -0.15) is 16.4 Å². The second-order valence-electron chi connectivity index (χ2n) is 5.15. The molecule has 1 N–H and O–H groups in total. The van der Waals surface area contributed by atoms with E-state index in [0.29, 0.717) is 13.0 Å². The van der Waals surface area contributed by atoms with Crippen LogP contribution in [0.3, 0.4) is 0 Å². The van der Waals surface area contributed by atoms with Crippen LogP contribution in [0.2, 0.25) is 0 Å². The van der Waals surface area contributed by atoms with Gasteiger partial charge in [0.25, 0.3) is 0 Å². The van der Waals surface area contributed by atoms with E-state index in [1.54, 1.807) is 22.2 Å². The lowest BCUT2D eigenvalue weighted by Gasteiger charge is -2.10. The number of hydrogen-bond acceptors (Lipinski definition) is 3. The van der Waals surface area contributed by atoms with E-state index in [0.717, 1.165) is 22.3 Å². The molecule has 23 heavy (non-hydrogen) atoms. The lowest BCUT2D eigenvalue weighted by atomic mass is 10.2. The van der Waals surface area contributed by atoms with Gasteiger partial charge in [-0.3, -0.25) is 4.79 Å². The first-order valence-corrected chi connectivity index (χ1v) is 9.02. The minimum absolute atomic E-state index is 0.00470. The van der Waals surface area contributed by atoms with Crippen LogP contribution in [-0.2, 0) is 17.8 Å². The molecule has 0 unspecified atom stereocenters. The Morgan fingerprint density at radius 3 is 2.91 bits per heavy atom. The third kappa shape index (κ3) is 4.30. The number of rotatable bonds is 6. The Hall–Kier alpha value is -1.92. The van der Waals surface area contributed by atoms with E-state index in [4.69, 9.17) is 0 Å². The van der Waals surface area contributed by atoms with Gasteiger partial charge >= 0.3 is 0 Å². The SMILES string of the molecule is O=C(CCc1ccsc1)Nc1ccnn1Cc1ccccc1Br. The van der Waals surface area contributed by atoms with E-state index in [-0.39, 0.29) is 5.91 Å². The van der Waals surface area contributed by atoms with Crippen LogP contribution in [0.25, 0.3) is 0 Å². The number of hydrogen-bond donors (Lipinski definition) is 1. The summed E-state index contributed by atoms with van der Waals surface area (Å²) in [5, 5.41) is 11.3. The molecule has 1 aromatic carbocycles. The molecule has 3 aromatic rings. The molecule has 0 bridgehead atoms. The normalized spacial score (nSPS) is 10.7. The van der Waals surface area contributed by atoms with Crippen molar-refractivity contribution >= 4 is 39.0 Å². The summed E-state index contributed by atoms with van der Waals surface area (Å²) < 4.78 is 2.83. The molecule has 0 fully saturated rings. The Labute approximate surface area is 147 Å². The van der Waals surface area contributed by atoms with Crippen LogP contribution in [-0.4, -0.2) is 15.7 Å². The maximum Gasteiger partial charge on any atom is 0.225 e. The number of aromatic nitrogens is 2. The minimum Gasteiger partial charge on any atom is -0.311 e. The Kier molecular flexibility index (Phi) is 5.25. The fourth-order valence-electron chi connectivity index (χ4n) is 2.25. The van der Waals surface area contributed by atoms with Crippen LogP contribution in [0.15, 0.2) is 57.8 Å². The summed E-state index contributed by atoms with van der Waals surface area (Å²) >= 11 is 5.19. The number of aryl methyl sites for hydroxylation is 1. The predicted octanol–water partition coefficient (Wildman–Crippen LogP) is 4.33. The Morgan fingerprint density at radius 1 is 1.26 bits per heavy atom. The van der Waals surface area contributed by atoms with Gasteiger partial charge in [0.15, 0.2) is 0 Å². The molecule has 0 radical (unpaired) electrons. The third-order valence-electron chi connectivity index (χ3n) is 3.48. The molecular weight excluding hydrogens is 374 g/mol. The second-order valence-corrected chi connectivity index (χ2v) is 6.78. The molecule has 6 heteroatoms. The lowest BCUT2D eigenvalue weighted by molar-refractivity contribution is -0.116. The zero-order valence-electron chi connectivity index (χ0n) is 12.4. The number of nitrogens with zero attached hydrogens (tertiary/aromatic N) is 2. The van der Waals surface area contributed by atoms with Crippen molar-refractivity contribution < 1.29 is 4.79 Å². The van der Waals surface area contributed by atoms with E-state index in [1.807, 2.05) is 35.7 Å². The predicted molar refractivity (Wildman–Crippen MR) is 96.7 cm³/mol. The summed E-state index contributed by atoms with van der Waals surface area (Å²) in [5.41, 5.74) is 2.32. The maximum atomic E-state index is 12.1. The molecule has 0 spiro atoms. The van der Waals surface area contributed by atoms with Gasteiger partial charge in [0.05, 0.1) is 12.7 Å². The van der Waals surface area contributed by atoms with E-state index < -0.39 is 0 Å². The van der Waals surface area contributed by atoms with Crippen molar-refractivity contribution in [3.63, 3.8) is 0 Å². The summed E-state index contributed by atoms with van der Waals surface area (Å²) in [7, 11) is 0. The summed E-state index contributed by atoms with van der Waals surface area (Å²) in [6.07, 6.45) is 2.93. The molecule has 2 aromatic heterocycles. The molecule has 118 valence electrons. The summed E-state index contributed by atoms with van der Waals surface area (Å²) in [6.45, 7) is 0.606. The van der Waals surface area contributed by atoms with Gasteiger partial charge in [0, 0.05) is 17.0 Å². The van der Waals surface area contributed by atoms with Gasteiger partial charge in [-0.15, -0.1) is 0 Å². The molecule has 0 atom stereocenters. The van der Waals surface area contributed by atoms with Crippen molar-refractivity contribution in [3.8, 4) is 0 Å². The number of carbonyl (C=O) groups excluding carboxylic acids is 1. The molecule has 0 aliphatic carbocycles. The van der Waals surface area contributed by atoms with E-state index in [1.165, 1.54) is 5.56 Å². The maximum absolute atomic E-state index is 12.1. The van der Waals surface area contributed by atoms with Gasteiger partial charge < -0.3 is 5.32 Å². The Balaban J connectivity index is 1.62. The van der Waals surface area contributed by atoms with Crippen LogP contribution in [0, 0.1) is 0 Å².